The van der Waals surface area contributed by atoms with E-state index in [1.165, 1.54) is 0 Å². The first-order valence-corrected chi connectivity index (χ1v) is 6.29. The lowest BCUT2D eigenvalue weighted by Crippen LogP contribution is -2.45. The van der Waals surface area contributed by atoms with Gasteiger partial charge in [-0.1, -0.05) is 25.4 Å². The zero-order valence-corrected chi connectivity index (χ0v) is 11.6. The van der Waals surface area contributed by atoms with Crippen molar-refractivity contribution in [3.05, 3.63) is 22.8 Å². The summed E-state index contributed by atoms with van der Waals surface area (Å²) in [6, 6.07) is 3.20. The van der Waals surface area contributed by atoms with Gasteiger partial charge in [-0.3, -0.25) is 4.79 Å². The number of nitrogens with zero attached hydrogens (tertiary/aromatic N) is 1. The van der Waals surface area contributed by atoms with Gasteiger partial charge in [-0.25, -0.2) is 10.8 Å². The van der Waals surface area contributed by atoms with E-state index >= 15 is 0 Å². The number of amides is 1. The van der Waals surface area contributed by atoms with Crippen molar-refractivity contribution in [1.82, 2.24) is 10.3 Å². The molecular formula is C12H19ClN4O. The maximum atomic E-state index is 12.1. The summed E-state index contributed by atoms with van der Waals surface area (Å²) >= 11 is 5.97. The molecule has 0 aliphatic heterocycles. The van der Waals surface area contributed by atoms with Crippen LogP contribution in [0.25, 0.3) is 0 Å². The van der Waals surface area contributed by atoms with E-state index in [2.05, 4.69) is 15.7 Å². The summed E-state index contributed by atoms with van der Waals surface area (Å²) in [6.07, 6.45) is 1.67. The number of rotatable bonds is 5. The predicted octanol–water partition coefficient (Wildman–Crippen LogP) is 2.33. The monoisotopic (exact) mass is 270 g/mol. The van der Waals surface area contributed by atoms with Gasteiger partial charge in [0, 0.05) is 5.54 Å². The number of nitrogens with one attached hydrogen (secondary N) is 2. The number of anilines is 1. The third-order valence-electron chi connectivity index (χ3n) is 3.18. The molecule has 5 nitrogen and oxygen atoms in total. The summed E-state index contributed by atoms with van der Waals surface area (Å²) in [7, 11) is 0. The average Bonchev–Trinajstić information content (AvgIpc) is 2.39. The lowest BCUT2D eigenvalue weighted by molar-refractivity contribution is 0.0896. The number of aromatic nitrogens is 1. The lowest BCUT2D eigenvalue weighted by Gasteiger charge is -2.28. The van der Waals surface area contributed by atoms with Crippen molar-refractivity contribution in [2.45, 2.75) is 39.2 Å². The second kappa shape index (κ2) is 6.02. The molecule has 1 heterocycles. The third kappa shape index (κ3) is 3.34. The molecule has 0 aliphatic rings. The van der Waals surface area contributed by atoms with Crippen molar-refractivity contribution < 1.29 is 4.79 Å². The first-order valence-electron chi connectivity index (χ1n) is 5.91. The van der Waals surface area contributed by atoms with Gasteiger partial charge in [0.05, 0.1) is 5.02 Å². The summed E-state index contributed by atoms with van der Waals surface area (Å²) in [5, 5.41) is 3.25. The maximum absolute atomic E-state index is 12.1. The number of carbonyl (C=O) groups is 1. The minimum absolute atomic E-state index is 0.181. The summed E-state index contributed by atoms with van der Waals surface area (Å²) in [6.45, 7) is 6.04. The Bertz CT molecular complexity index is 432. The van der Waals surface area contributed by atoms with Gasteiger partial charge in [0.25, 0.3) is 5.91 Å². The zero-order chi connectivity index (χ0) is 13.8. The minimum Gasteiger partial charge on any atom is -0.346 e. The average molecular weight is 271 g/mol. The number of hydrazine groups is 1. The van der Waals surface area contributed by atoms with E-state index in [4.69, 9.17) is 17.4 Å². The first-order chi connectivity index (χ1) is 8.45. The molecule has 0 unspecified atom stereocenters. The van der Waals surface area contributed by atoms with Crippen molar-refractivity contribution in [3.63, 3.8) is 0 Å². The van der Waals surface area contributed by atoms with Crippen LogP contribution in [0.3, 0.4) is 0 Å². The fourth-order valence-electron chi connectivity index (χ4n) is 1.44. The number of nitrogens with two attached hydrogens (primary N) is 1. The minimum atomic E-state index is -0.289. The van der Waals surface area contributed by atoms with Crippen LogP contribution in [0.15, 0.2) is 12.1 Å². The number of carbonyl (C=O) groups excluding carboxylic acids is 1. The summed E-state index contributed by atoms with van der Waals surface area (Å²) in [4.78, 5) is 16.2. The quantitative estimate of drug-likeness (QED) is 0.567. The van der Waals surface area contributed by atoms with E-state index in [1.807, 2.05) is 20.8 Å². The SMILES string of the molecule is CCC(C)(CC)NC(=O)c1nc(NN)ccc1Cl. The highest BCUT2D eigenvalue weighted by molar-refractivity contribution is 6.33. The van der Waals surface area contributed by atoms with Gasteiger partial charge in [-0.15, -0.1) is 0 Å². The Balaban J connectivity index is 2.97. The Labute approximate surface area is 112 Å². The van der Waals surface area contributed by atoms with E-state index < -0.39 is 0 Å². The van der Waals surface area contributed by atoms with Crippen LogP contribution in [0.5, 0.6) is 0 Å². The molecule has 4 N–H and O–H groups in total. The topological polar surface area (TPSA) is 80.0 Å². The van der Waals surface area contributed by atoms with Crippen molar-refractivity contribution >= 4 is 23.3 Å². The smallest absolute Gasteiger partial charge is 0.271 e. The van der Waals surface area contributed by atoms with Crippen LogP contribution in [0.2, 0.25) is 5.02 Å². The molecule has 1 amide bonds. The van der Waals surface area contributed by atoms with Gasteiger partial charge in [-0.05, 0) is 31.9 Å². The highest BCUT2D eigenvalue weighted by Gasteiger charge is 2.24. The van der Waals surface area contributed by atoms with Gasteiger partial charge in [0.15, 0.2) is 0 Å². The molecule has 0 fully saturated rings. The summed E-state index contributed by atoms with van der Waals surface area (Å²) in [5.74, 6) is 5.37. The van der Waals surface area contributed by atoms with Gasteiger partial charge >= 0.3 is 0 Å². The zero-order valence-electron chi connectivity index (χ0n) is 10.9. The highest BCUT2D eigenvalue weighted by Crippen LogP contribution is 2.19. The molecule has 18 heavy (non-hydrogen) atoms. The number of halogens is 1. The Kier molecular flexibility index (Phi) is 4.93. The molecule has 0 saturated heterocycles. The molecule has 0 saturated carbocycles. The molecule has 0 aromatic carbocycles. The van der Waals surface area contributed by atoms with Crippen molar-refractivity contribution in [2.24, 2.45) is 5.84 Å². The lowest BCUT2D eigenvalue weighted by atomic mass is 9.95. The van der Waals surface area contributed by atoms with E-state index in [0.29, 0.717) is 10.8 Å². The Morgan fingerprint density at radius 3 is 2.56 bits per heavy atom. The first kappa shape index (κ1) is 14.7. The second-order valence-corrected chi connectivity index (χ2v) is 4.80. The Morgan fingerprint density at radius 1 is 1.44 bits per heavy atom. The van der Waals surface area contributed by atoms with Crippen LogP contribution >= 0.6 is 11.6 Å². The van der Waals surface area contributed by atoms with E-state index in [9.17, 15) is 4.79 Å². The number of hydrogen-bond donors (Lipinski definition) is 3. The van der Waals surface area contributed by atoms with E-state index in [0.717, 1.165) is 12.8 Å². The molecular weight excluding hydrogens is 252 g/mol. The number of nitrogen functional groups attached to an aromatic ring is 1. The Morgan fingerprint density at radius 2 is 2.06 bits per heavy atom. The van der Waals surface area contributed by atoms with Crippen LogP contribution in [0.1, 0.15) is 44.1 Å². The standard InChI is InChI=1S/C12H19ClN4O/c1-4-12(3,5-2)16-11(18)10-8(13)6-7-9(15-10)17-14/h6-7H,4-5,14H2,1-3H3,(H,15,17)(H,16,18). The number of hydrogen-bond acceptors (Lipinski definition) is 4. The highest BCUT2D eigenvalue weighted by atomic mass is 35.5. The van der Waals surface area contributed by atoms with Crippen molar-refractivity contribution in [2.75, 3.05) is 5.43 Å². The maximum Gasteiger partial charge on any atom is 0.271 e. The molecule has 100 valence electrons. The molecule has 1 aromatic rings. The Hall–Kier alpha value is -1.33. The summed E-state index contributed by atoms with van der Waals surface area (Å²) < 4.78 is 0. The van der Waals surface area contributed by atoms with Gasteiger partial charge < -0.3 is 10.7 Å². The fraction of sp³-hybridized carbons (Fsp3) is 0.500. The third-order valence-corrected chi connectivity index (χ3v) is 3.49. The fourth-order valence-corrected chi connectivity index (χ4v) is 1.63. The van der Waals surface area contributed by atoms with Crippen molar-refractivity contribution in [3.8, 4) is 0 Å². The van der Waals surface area contributed by atoms with E-state index in [-0.39, 0.29) is 17.1 Å². The summed E-state index contributed by atoms with van der Waals surface area (Å²) in [5.41, 5.74) is 2.32. The van der Waals surface area contributed by atoms with Gasteiger partial charge in [0.1, 0.15) is 11.5 Å². The largest absolute Gasteiger partial charge is 0.346 e. The molecule has 6 heteroatoms. The molecule has 0 radical (unpaired) electrons. The predicted molar refractivity (Wildman–Crippen MR) is 73.5 cm³/mol. The molecule has 0 bridgehead atoms. The molecule has 0 spiro atoms. The molecule has 0 atom stereocenters. The van der Waals surface area contributed by atoms with Gasteiger partial charge in [0.2, 0.25) is 0 Å². The molecule has 0 aliphatic carbocycles. The second-order valence-electron chi connectivity index (χ2n) is 4.39. The van der Waals surface area contributed by atoms with Crippen LogP contribution in [-0.4, -0.2) is 16.4 Å². The normalized spacial score (nSPS) is 11.2. The molecule has 1 aromatic heterocycles. The molecule has 1 rings (SSSR count). The van der Waals surface area contributed by atoms with Crippen LogP contribution in [-0.2, 0) is 0 Å². The van der Waals surface area contributed by atoms with Gasteiger partial charge in [-0.2, -0.15) is 0 Å². The van der Waals surface area contributed by atoms with Crippen LogP contribution < -0.4 is 16.6 Å². The van der Waals surface area contributed by atoms with E-state index in [1.54, 1.807) is 12.1 Å². The number of pyridine rings is 1. The van der Waals surface area contributed by atoms with Crippen LogP contribution in [0.4, 0.5) is 5.82 Å². The van der Waals surface area contributed by atoms with Crippen LogP contribution in [0, 0.1) is 0 Å². The van der Waals surface area contributed by atoms with Crippen molar-refractivity contribution in [1.29, 1.82) is 0 Å².